The van der Waals surface area contributed by atoms with Crippen molar-refractivity contribution in [1.82, 2.24) is 4.90 Å². The quantitative estimate of drug-likeness (QED) is 0.781. The minimum Gasteiger partial charge on any atom is -0.410 e. The number of ether oxygens (including phenoxy) is 1. The summed E-state index contributed by atoms with van der Waals surface area (Å²) in [4.78, 5) is 24.9. The summed E-state index contributed by atoms with van der Waals surface area (Å²) >= 11 is 0. The van der Waals surface area contributed by atoms with Crippen molar-refractivity contribution in [2.75, 3.05) is 13.1 Å². The molecule has 0 bridgehead atoms. The number of carbonyl (C=O) groups is 2. The fourth-order valence-electron chi connectivity index (χ4n) is 2.47. The monoisotopic (exact) mass is 261 g/mol. The van der Waals surface area contributed by atoms with Gasteiger partial charge >= 0.3 is 6.09 Å². The number of Topliss-reactive ketones (excluding diaryl/α,β-unsaturated/α-hetero) is 1. The van der Waals surface area contributed by atoms with Crippen LogP contribution in [-0.4, -0.2) is 29.9 Å². The van der Waals surface area contributed by atoms with Gasteiger partial charge in [-0.2, -0.15) is 0 Å². The first-order chi connectivity index (χ1) is 8.97. The van der Waals surface area contributed by atoms with Gasteiger partial charge in [-0.1, -0.05) is 17.7 Å². The minimum atomic E-state index is -0.428. The normalized spacial score (nSPS) is 15.5. The van der Waals surface area contributed by atoms with Crippen LogP contribution in [0.25, 0.3) is 0 Å². The zero-order chi connectivity index (χ0) is 14.0. The number of ketones is 1. The second-order valence-electron chi connectivity index (χ2n) is 5.16. The lowest BCUT2D eigenvalue weighted by Gasteiger charge is -2.25. The lowest BCUT2D eigenvalue weighted by molar-refractivity contribution is -0.121. The van der Waals surface area contributed by atoms with Crippen molar-refractivity contribution < 1.29 is 14.3 Å². The maximum Gasteiger partial charge on any atom is 0.415 e. The standard InChI is InChI=1S/C15H19NO3/c1-10-7-11(2)14(12(3)8-10)19-15(18)16-6-4-5-13(17)9-16/h7-8H,4-6,9H2,1-3H3. The molecule has 0 N–H and O–H groups in total. The van der Waals surface area contributed by atoms with Crippen LogP contribution in [0.2, 0.25) is 0 Å². The van der Waals surface area contributed by atoms with Gasteiger partial charge in [0.1, 0.15) is 5.75 Å². The number of amides is 1. The predicted molar refractivity (Wildman–Crippen MR) is 72.5 cm³/mol. The SMILES string of the molecule is Cc1cc(C)c(OC(=O)N2CCCC(=O)C2)c(C)c1. The van der Waals surface area contributed by atoms with Crippen molar-refractivity contribution in [3.05, 3.63) is 28.8 Å². The van der Waals surface area contributed by atoms with Crippen LogP contribution in [0.3, 0.4) is 0 Å². The molecule has 1 amide bonds. The molecule has 1 fully saturated rings. The Balaban J connectivity index is 2.13. The Morgan fingerprint density at radius 2 is 1.84 bits per heavy atom. The summed E-state index contributed by atoms with van der Waals surface area (Å²) in [6.07, 6.45) is 0.856. The average Bonchev–Trinajstić information content (AvgIpc) is 2.33. The largest absolute Gasteiger partial charge is 0.415 e. The molecule has 102 valence electrons. The van der Waals surface area contributed by atoms with Crippen molar-refractivity contribution in [3.63, 3.8) is 0 Å². The third-order valence-electron chi connectivity index (χ3n) is 3.30. The average molecular weight is 261 g/mol. The van der Waals surface area contributed by atoms with Crippen molar-refractivity contribution in [2.45, 2.75) is 33.6 Å². The zero-order valence-corrected chi connectivity index (χ0v) is 11.7. The molecular formula is C15H19NO3. The first-order valence-corrected chi connectivity index (χ1v) is 6.53. The van der Waals surface area contributed by atoms with Crippen LogP contribution in [0.15, 0.2) is 12.1 Å². The summed E-state index contributed by atoms with van der Waals surface area (Å²) in [6, 6.07) is 3.97. The van der Waals surface area contributed by atoms with E-state index in [9.17, 15) is 9.59 Å². The van der Waals surface area contributed by atoms with Gasteiger partial charge in [-0.25, -0.2) is 4.79 Å². The van der Waals surface area contributed by atoms with Crippen molar-refractivity contribution in [1.29, 1.82) is 0 Å². The van der Waals surface area contributed by atoms with E-state index in [0.717, 1.165) is 23.1 Å². The molecule has 4 heteroatoms. The van der Waals surface area contributed by atoms with E-state index in [1.165, 1.54) is 4.90 Å². The molecule has 19 heavy (non-hydrogen) atoms. The summed E-state index contributed by atoms with van der Waals surface area (Å²) < 4.78 is 5.45. The minimum absolute atomic E-state index is 0.0977. The number of hydrogen-bond acceptors (Lipinski definition) is 3. The molecule has 0 radical (unpaired) electrons. The van der Waals surface area contributed by atoms with Gasteiger partial charge in [0.25, 0.3) is 0 Å². The van der Waals surface area contributed by atoms with E-state index in [-0.39, 0.29) is 12.3 Å². The molecule has 1 aromatic rings. The van der Waals surface area contributed by atoms with Gasteiger partial charge in [-0.05, 0) is 38.3 Å². The number of rotatable bonds is 1. The zero-order valence-electron chi connectivity index (χ0n) is 11.7. The van der Waals surface area contributed by atoms with E-state index in [1.54, 1.807) is 0 Å². The molecule has 2 rings (SSSR count). The first kappa shape index (κ1) is 13.6. The Morgan fingerprint density at radius 1 is 1.21 bits per heavy atom. The van der Waals surface area contributed by atoms with Crippen LogP contribution in [0.4, 0.5) is 4.79 Å². The predicted octanol–water partition coefficient (Wildman–Crippen LogP) is 2.78. The summed E-state index contributed by atoms with van der Waals surface area (Å²) in [5.41, 5.74) is 3.02. The van der Waals surface area contributed by atoms with E-state index in [4.69, 9.17) is 4.74 Å². The van der Waals surface area contributed by atoms with E-state index in [2.05, 4.69) is 0 Å². The van der Waals surface area contributed by atoms with Crippen LogP contribution in [0.1, 0.15) is 29.5 Å². The van der Waals surface area contributed by atoms with Crippen molar-refractivity contribution in [2.24, 2.45) is 0 Å². The maximum absolute atomic E-state index is 12.1. The molecule has 4 nitrogen and oxygen atoms in total. The summed E-state index contributed by atoms with van der Waals surface area (Å²) in [5, 5.41) is 0. The molecule has 1 aromatic carbocycles. The highest BCUT2D eigenvalue weighted by Crippen LogP contribution is 2.25. The third-order valence-corrected chi connectivity index (χ3v) is 3.30. The molecule has 1 aliphatic rings. The lowest BCUT2D eigenvalue weighted by atomic mass is 10.1. The van der Waals surface area contributed by atoms with Gasteiger partial charge in [0, 0.05) is 13.0 Å². The highest BCUT2D eigenvalue weighted by molar-refractivity contribution is 5.85. The molecule has 0 atom stereocenters. The number of carbonyl (C=O) groups excluding carboxylic acids is 2. The Morgan fingerprint density at radius 3 is 2.42 bits per heavy atom. The third kappa shape index (κ3) is 3.13. The Labute approximate surface area is 113 Å². The van der Waals surface area contributed by atoms with Gasteiger partial charge in [0.2, 0.25) is 0 Å². The van der Waals surface area contributed by atoms with Gasteiger partial charge in [0.05, 0.1) is 6.54 Å². The van der Waals surface area contributed by atoms with E-state index in [1.807, 2.05) is 32.9 Å². The summed E-state index contributed by atoms with van der Waals surface area (Å²) in [5.74, 6) is 0.703. The molecule has 0 unspecified atom stereocenters. The molecular weight excluding hydrogens is 242 g/mol. The molecule has 0 saturated carbocycles. The first-order valence-electron chi connectivity index (χ1n) is 6.53. The van der Waals surface area contributed by atoms with Crippen LogP contribution >= 0.6 is 0 Å². The van der Waals surface area contributed by atoms with Crippen LogP contribution in [0.5, 0.6) is 5.75 Å². The van der Waals surface area contributed by atoms with E-state index >= 15 is 0 Å². The van der Waals surface area contributed by atoms with Crippen molar-refractivity contribution in [3.8, 4) is 5.75 Å². The van der Waals surface area contributed by atoms with Crippen LogP contribution in [0, 0.1) is 20.8 Å². The smallest absolute Gasteiger partial charge is 0.410 e. The molecule has 1 aliphatic heterocycles. The number of likely N-dealkylation sites (tertiary alicyclic amines) is 1. The summed E-state index contributed by atoms with van der Waals surface area (Å²) in [6.45, 7) is 6.61. The van der Waals surface area contributed by atoms with Gasteiger partial charge < -0.3 is 9.64 Å². The Bertz CT molecular complexity index is 499. The highest BCUT2D eigenvalue weighted by Gasteiger charge is 2.23. The van der Waals surface area contributed by atoms with Gasteiger partial charge in [0.15, 0.2) is 5.78 Å². The van der Waals surface area contributed by atoms with Crippen LogP contribution < -0.4 is 4.74 Å². The van der Waals surface area contributed by atoms with Crippen LogP contribution in [-0.2, 0) is 4.79 Å². The second-order valence-corrected chi connectivity index (χ2v) is 5.16. The fraction of sp³-hybridized carbons (Fsp3) is 0.467. The Kier molecular flexibility index (Phi) is 3.88. The molecule has 0 aliphatic carbocycles. The second kappa shape index (κ2) is 5.43. The topological polar surface area (TPSA) is 46.6 Å². The number of piperidine rings is 1. The van der Waals surface area contributed by atoms with Gasteiger partial charge in [-0.3, -0.25) is 4.79 Å². The number of aryl methyl sites for hydroxylation is 3. The summed E-state index contributed by atoms with van der Waals surface area (Å²) in [7, 11) is 0. The van der Waals surface area contributed by atoms with E-state index in [0.29, 0.717) is 18.7 Å². The molecule has 0 aromatic heterocycles. The number of nitrogens with zero attached hydrogens (tertiary/aromatic N) is 1. The molecule has 1 heterocycles. The lowest BCUT2D eigenvalue weighted by Crippen LogP contribution is -2.41. The number of benzene rings is 1. The van der Waals surface area contributed by atoms with Gasteiger partial charge in [-0.15, -0.1) is 0 Å². The maximum atomic E-state index is 12.1. The molecule has 0 spiro atoms. The Hall–Kier alpha value is -1.84. The van der Waals surface area contributed by atoms with Crippen molar-refractivity contribution >= 4 is 11.9 Å². The number of hydrogen-bond donors (Lipinski definition) is 0. The van der Waals surface area contributed by atoms with E-state index < -0.39 is 6.09 Å². The fourth-order valence-corrected chi connectivity index (χ4v) is 2.47. The molecule has 1 saturated heterocycles. The highest BCUT2D eigenvalue weighted by atomic mass is 16.6.